The first kappa shape index (κ1) is 17.8. The van der Waals surface area contributed by atoms with E-state index in [1.807, 2.05) is 44.2 Å². The number of methoxy groups -OCH3 is 1. The highest BCUT2D eigenvalue weighted by molar-refractivity contribution is 5.88. The van der Waals surface area contributed by atoms with Crippen LogP contribution in [-0.2, 0) is 20.9 Å². The van der Waals surface area contributed by atoms with Gasteiger partial charge < -0.3 is 15.4 Å². The molecule has 1 rings (SSSR count). The van der Waals surface area contributed by atoms with Crippen LogP contribution in [0.4, 0.5) is 0 Å². The summed E-state index contributed by atoms with van der Waals surface area (Å²) >= 11 is 0. The monoisotopic (exact) mass is 304 g/mol. The zero-order valence-electron chi connectivity index (χ0n) is 13.6. The second-order valence-corrected chi connectivity index (χ2v) is 5.42. The molecule has 5 nitrogen and oxygen atoms in total. The molecule has 1 aromatic rings. The van der Waals surface area contributed by atoms with Crippen molar-refractivity contribution in [3.05, 3.63) is 47.7 Å². The second-order valence-electron chi connectivity index (χ2n) is 5.42. The number of hydrogen-bond donors (Lipinski definition) is 2. The third-order valence-corrected chi connectivity index (χ3v) is 3.16. The summed E-state index contributed by atoms with van der Waals surface area (Å²) < 4.78 is 4.76. The first-order chi connectivity index (χ1) is 10.4. The summed E-state index contributed by atoms with van der Waals surface area (Å²) in [4.78, 5) is 23.5. The fourth-order valence-corrected chi connectivity index (χ4v) is 1.94. The lowest BCUT2D eigenvalue weighted by atomic mass is 10.0. The Morgan fingerprint density at radius 2 is 1.86 bits per heavy atom. The number of hydrogen-bond acceptors (Lipinski definition) is 4. The zero-order chi connectivity index (χ0) is 16.5. The molecule has 120 valence electrons. The van der Waals surface area contributed by atoms with E-state index in [9.17, 15) is 9.59 Å². The van der Waals surface area contributed by atoms with Gasteiger partial charge in [-0.2, -0.15) is 0 Å². The SMILES string of the molecule is COC(=O)[C@@H](N/C(C)=C\C(=O)NCc1ccccc1)C(C)C. The van der Waals surface area contributed by atoms with Crippen molar-refractivity contribution < 1.29 is 14.3 Å². The highest BCUT2D eigenvalue weighted by atomic mass is 16.5. The molecule has 2 N–H and O–H groups in total. The molecule has 0 aliphatic carbocycles. The number of carbonyl (C=O) groups is 2. The van der Waals surface area contributed by atoms with Crippen LogP contribution >= 0.6 is 0 Å². The molecule has 5 heteroatoms. The largest absolute Gasteiger partial charge is 0.467 e. The normalized spacial score (nSPS) is 12.7. The zero-order valence-corrected chi connectivity index (χ0v) is 13.6. The van der Waals surface area contributed by atoms with E-state index in [1.165, 1.54) is 13.2 Å². The Labute approximate surface area is 131 Å². The molecule has 1 atom stereocenters. The Balaban J connectivity index is 2.55. The minimum atomic E-state index is -0.469. The summed E-state index contributed by atoms with van der Waals surface area (Å²) in [7, 11) is 1.35. The number of allylic oxidation sites excluding steroid dienone is 1. The summed E-state index contributed by atoms with van der Waals surface area (Å²) in [6, 6.07) is 9.20. The molecule has 0 radical (unpaired) electrons. The lowest BCUT2D eigenvalue weighted by molar-refractivity contribution is -0.144. The van der Waals surface area contributed by atoms with E-state index in [-0.39, 0.29) is 17.8 Å². The van der Waals surface area contributed by atoms with Crippen LogP contribution < -0.4 is 10.6 Å². The van der Waals surface area contributed by atoms with Gasteiger partial charge in [0.05, 0.1) is 7.11 Å². The third kappa shape index (κ3) is 5.99. The van der Waals surface area contributed by atoms with E-state index in [4.69, 9.17) is 4.74 Å². The Kier molecular flexibility index (Phi) is 7.16. The van der Waals surface area contributed by atoms with Gasteiger partial charge in [0.2, 0.25) is 5.91 Å². The van der Waals surface area contributed by atoms with E-state index in [0.29, 0.717) is 12.2 Å². The predicted octanol–water partition coefficient (Wildman–Crippen LogP) is 1.99. The third-order valence-electron chi connectivity index (χ3n) is 3.16. The molecule has 0 unspecified atom stereocenters. The van der Waals surface area contributed by atoms with Gasteiger partial charge in [-0.15, -0.1) is 0 Å². The van der Waals surface area contributed by atoms with Crippen LogP contribution in [0, 0.1) is 5.92 Å². The van der Waals surface area contributed by atoms with Crippen LogP contribution in [0.1, 0.15) is 26.3 Å². The highest BCUT2D eigenvalue weighted by Crippen LogP contribution is 2.06. The second kappa shape index (κ2) is 8.87. The van der Waals surface area contributed by atoms with Crippen molar-refractivity contribution in [2.75, 3.05) is 7.11 Å². The molecule has 0 fully saturated rings. The van der Waals surface area contributed by atoms with Gasteiger partial charge in [-0.1, -0.05) is 44.2 Å². The van der Waals surface area contributed by atoms with Crippen LogP contribution in [0.15, 0.2) is 42.1 Å². The molecule has 0 spiro atoms. The maximum atomic E-state index is 11.9. The molecule has 0 saturated carbocycles. The van der Waals surface area contributed by atoms with Gasteiger partial charge in [0, 0.05) is 18.3 Å². The molecule has 0 heterocycles. The van der Waals surface area contributed by atoms with Gasteiger partial charge >= 0.3 is 5.97 Å². The molecular weight excluding hydrogens is 280 g/mol. The highest BCUT2D eigenvalue weighted by Gasteiger charge is 2.22. The van der Waals surface area contributed by atoms with Gasteiger partial charge in [0.15, 0.2) is 0 Å². The number of rotatable bonds is 7. The predicted molar refractivity (Wildman–Crippen MR) is 85.8 cm³/mol. The van der Waals surface area contributed by atoms with E-state index >= 15 is 0 Å². The fraction of sp³-hybridized carbons (Fsp3) is 0.412. The standard InChI is InChI=1S/C17H24N2O3/c1-12(2)16(17(21)22-4)19-13(3)10-15(20)18-11-14-8-6-5-7-9-14/h5-10,12,16,19H,11H2,1-4H3,(H,18,20)/b13-10-/t16-/m0/s1. The molecule has 0 saturated heterocycles. The summed E-state index contributed by atoms with van der Waals surface area (Å²) in [6.45, 7) is 6.04. The Morgan fingerprint density at radius 3 is 2.41 bits per heavy atom. The Bertz CT molecular complexity index is 524. The Morgan fingerprint density at radius 1 is 1.23 bits per heavy atom. The van der Waals surface area contributed by atoms with Crippen molar-refractivity contribution >= 4 is 11.9 Å². The summed E-state index contributed by atoms with van der Waals surface area (Å²) in [5, 5.41) is 5.83. The van der Waals surface area contributed by atoms with Crippen molar-refractivity contribution in [2.24, 2.45) is 5.92 Å². The van der Waals surface area contributed by atoms with Crippen LogP contribution in [0.3, 0.4) is 0 Å². The smallest absolute Gasteiger partial charge is 0.328 e. The molecule has 1 aromatic carbocycles. The molecule has 0 bridgehead atoms. The average Bonchev–Trinajstić information content (AvgIpc) is 2.50. The van der Waals surface area contributed by atoms with Gasteiger partial charge in [-0.3, -0.25) is 4.79 Å². The molecule has 0 aliphatic rings. The molecule has 1 amide bonds. The first-order valence-electron chi connectivity index (χ1n) is 7.28. The summed E-state index contributed by atoms with van der Waals surface area (Å²) in [5.41, 5.74) is 1.65. The molecule has 22 heavy (non-hydrogen) atoms. The topological polar surface area (TPSA) is 67.4 Å². The maximum Gasteiger partial charge on any atom is 0.328 e. The average molecular weight is 304 g/mol. The number of nitrogens with one attached hydrogen (secondary N) is 2. The van der Waals surface area contributed by atoms with Gasteiger partial charge in [0.25, 0.3) is 0 Å². The van der Waals surface area contributed by atoms with Crippen LogP contribution in [0.5, 0.6) is 0 Å². The summed E-state index contributed by atoms with van der Waals surface area (Å²) in [5.74, 6) is -0.489. The van der Waals surface area contributed by atoms with Crippen molar-refractivity contribution in [1.29, 1.82) is 0 Å². The summed E-state index contributed by atoms with van der Waals surface area (Å²) in [6.07, 6.45) is 1.45. The van der Waals surface area contributed by atoms with E-state index in [2.05, 4.69) is 10.6 Å². The van der Waals surface area contributed by atoms with Crippen molar-refractivity contribution in [3.8, 4) is 0 Å². The number of ether oxygens (including phenoxy) is 1. The molecule has 0 aromatic heterocycles. The number of esters is 1. The first-order valence-corrected chi connectivity index (χ1v) is 7.28. The minimum Gasteiger partial charge on any atom is -0.467 e. The van der Waals surface area contributed by atoms with Crippen molar-refractivity contribution in [2.45, 2.75) is 33.4 Å². The maximum absolute atomic E-state index is 11.9. The van der Waals surface area contributed by atoms with Crippen LogP contribution in [-0.4, -0.2) is 25.0 Å². The number of amides is 1. The van der Waals surface area contributed by atoms with Crippen LogP contribution in [0.2, 0.25) is 0 Å². The van der Waals surface area contributed by atoms with E-state index in [0.717, 1.165) is 5.56 Å². The minimum absolute atomic E-state index is 0.0585. The van der Waals surface area contributed by atoms with Crippen molar-refractivity contribution in [1.82, 2.24) is 10.6 Å². The molecule has 0 aliphatic heterocycles. The Hall–Kier alpha value is -2.30. The van der Waals surface area contributed by atoms with Gasteiger partial charge in [0.1, 0.15) is 6.04 Å². The van der Waals surface area contributed by atoms with Gasteiger partial charge in [-0.25, -0.2) is 4.79 Å². The number of carbonyl (C=O) groups excluding carboxylic acids is 2. The van der Waals surface area contributed by atoms with Crippen molar-refractivity contribution in [3.63, 3.8) is 0 Å². The molecular formula is C17H24N2O3. The van der Waals surface area contributed by atoms with Crippen LogP contribution in [0.25, 0.3) is 0 Å². The number of benzene rings is 1. The lowest BCUT2D eigenvalue weighted by Gasteiger charge is -2.21. The quantitative estimate of drug-likeness (QED) is 0.597. The fourth-order valence-electron chi connectivity index (χ4n) is 1.94. The van der Waals surface area contributed by atoms with E-state index in [1.54, 1.807) is 6.92 Å². The lowest BCUT2D eigenvalue weighted by Crippen LogP contribution is -2.41. The van der Waals surface area contributed by atoms with E-state index < -0.39 is 6.04 Å². The van der Waals surface area contributed by atoms with Gasteiger partial charge in [-0.05, 0) is 18.4 Å².